The van der Waals surface area contributed by atoms with Crippen molar-refractivity contribution in [3.05, 3.63) is 49.3 Å². The lowest BCUT2D eigenvalue weighted by Gasteiger charge is -2.10. The Balaban J connectivity index is 2.00. The van der Waals surface area contributed by atoms with Crippen LogP contribution in [0.3, 0.4) is 0 Å². The number of esters is 1. The van der Waals surface area contributed by atoms with Gasteiger partial charge in [-0.1, -0.05) is 17.7 Å². The zero-order valence-electron chi connectivity index (χ0n) is 16.3. The summed E-state index contributed by atoms with van der Waals surface area (Å²) >= 11 is 7.36. The van der Waals surface area contributed by atoms with Crippen LogP contribution in [0.25, 0.3) is 22.4 Å². The van der Waals surface area contributed by atoms with Crippen molar-refractivity contribution < 1.29 is 19.0 Å². The van der Waals surface area contributed by atoms with Crippen molar-refractivity contribution in [1.82, 2.24) is 9.97 Å². The Labute approximate surface area is 175 Å². The fourth-order valence-electron chi connectivity index (χ4n) is 2.84. The van der Waals surface area contributed by atoms with E-state index >= 15 is 0 Å². The molecular weight excluding hydrogens is 416 g/mol. The van der Waals surface area contributed by atoms with E-state index in [2.05, 4.69) is 9.97 Å². The minimum absolute atomic E-state index is 0.262. The van der Waals surface area contributed by atoms with Crippen LogP contribution in [0.5, 0.6) is 11.5 Å². The number of H-pyrrole nitrogens is 1. The van der Waals surface area contributed by atoms with E-state index in [4.69, 9.17) is 25.8 Å². The quantitative estimate of drug-likeness (QED) is 0.581. The molecule has 2 heterocycles. The molecule has 0 saturated heterocycles. The van der Waals surface area contributed by atoms with Crippen molar-refractivity contribution >= 4 is 51.3 Å². The summed E-state index contributed by atoms with van der Waals surface area (Å²) in [7, 11) is 3.03. The molecule has 3 aromatic rings. The van der Waals surface area contributed by atoms with Crippen molar-refractivity contribution in [3.8, 4) is 11.5 Å². The van der Waals surface area contributed by atoms with Gasteiger partial charge in [-0.15, -0.1) is 11.3 Å². The Morgan fingerprint density at radius 2 is 2.03 bits per heavy atom. The molecule has 0 spiro atoms. The largest absolute Gasteiger partial charge is 0.493 e. The number of fused-ring (bicyclic) bond motifs is 1. The van der Waals surface area contributed by atoms with E-state index in [9.17, 15) is 9.59 Å². The lowest BCUT2D eigenvalue weighted by atomic mass is 10.2. The fourth-order valence-corrected chi connectivity index (χ4v) is 4.22. The number of nitrogens with one attached hydrogen (secondary N) is 1. The van der Waals surface area contributed by atoms with Crippen molar-refractivity contribution in [2.24, 2.45) is 0 Å². The predicted octanol–water partition coefficient (Wildman–Crippen LogP) is 4.31. The molecule has 3 rings (SSSR count). The van der Waals surface area contributed by atoms with E-state index in [1.165, 1.54) is 14.2 Å². The highest BCUT2D eigenvalue weighted by molar-refractivity contribution is 7.20. The van der Waals surface area contributed by atoms with Crippen molar-refractivity contribution in [3.63, 3.8) is 0 Å². The second-order valence-electron chi connectivity index (χ2n) is 5.98. The number of aromatic nitrogens is 2. The maximum Gasteiger partial charge on any atom is 0.348 e. The summed E-state index contributed by atoms with van der Waals surface area (Å²) in [4.78, 5) is 32.6. The Morgan fingerprint density at radius 1 is 1.28 bits per heavy atom. The van der Waals surface area contributed by atoms with Gasteiger partial charge in [0.2, 0.25) is 0 Å². The van der Waals surface area contributed by atoms with Crippen LogP contribution in [0.2, 0.25) is 5.02 Å². The number of halogens is 1. The first-order chi connectivity index (χ1) is 13.9. The number of benzene rings is 1. The number of aryl methyl sites for hydroxylation is 1. The van der Waals surface area contributed by atoms with Crippen LogP contribution in [0, 0.1) is 6.92 Å². The van der Waals surface area contributed by atoms with E-state index < -0.39 is 5.97 Å². The number of hydrogen-bond acceptors (Lipinski definition) is 7. The van der Waals surface area contributed by atoms with Gasteiger partial charge in [-0.05, 0) is 43.2 Å². The standard InChI is InChI=1S/C20H19ClN2O5S/c1-5-28-20(25)17-10(2)15-18(24)22-14(23-19(15)29-17)7-6-11-8-12(21)16(27-4)13(9-11)26-3/h6-9H,5H2,1-4H3,(H,22,23,24). The molecule has 0 saturated carbocycles. The summed E-state index contributed by atoms with van der Waals surface area (Å²) in [5.41, 5.74) is 0.994. The van der Waals surface area contributed by atoms with Crippen LogP contribution >= 0.6 is 22.9 Å². The third-order valence-corrected chi connectivity index (χ3v) is 5.62. The van der Waals surface area contributed by atoms with Gasteiger partial charge in [-0.2, -0.15) is 0 Å². The normalized spacial score (nSPS) is 11.2. The molecule has 0 radical (unpaired) electrons. The Kier molecular flexibility index (Phi) is 6.24. The number of carbonyl (C=O) groups is 1. The number of nitrogens with zero attached hydrogens (tertiary/aromatic N) is 1. The molecule has 0 bridgehead atoms. The van der Waals surface area contributed by atoms with Crippen LogP contribution in [-0.2, 0) is 4.74 Å². The molecule has 0 unspecified atom stereocenters. The third kappa shape index (κ3) is 4.13. The summed E-state index contributed by atoms with van der Waals surface area (Å²) in [6.45, 7) is 3.70. The number of rotatable bonds is 6. The average molecular weight is 435 g/mol. The highest BCUT2D eigenvalue weighted by Gasteiger charge is 2.19. The zero-order chi connectivity index (χ0) is 21.1. The Bertz CT molecular complexity index is 1170. The van der Waals surface area contributed by atoms with Gasteiger partial charge in [0.05, 0.1) is 31.2 Å². The first-order valence-corrected chi connectivity index (χ1v) is 9.89. The predicted molar refractivity (Wildman–Crippen MR) is 114 cm³/mol. The molecule has 0 aliphatic carbocycles. The molecule has 0 aliphatic rings. The highest BCUT2D eigenvalue weighted by Crippen LogP contribution is 2.36. The van der Waals surface area contributed by atoms with Crippen LogP contribution in [0.15, 0.2) is 16.9 Å². The maximum absolute atomic E-state index is 12.5. The van der Waals surface area contributed by atoms with Gasteiger partial charge in [-0.25, -0.2) is 9.78 Å². The van der Waals surface area contributed by atoms with Gasteiger partial charge in [0.25, 0.3) is 5.56 Å². The molecule has 0 aliphatic heterocycles. The van der Waals surface area contributed by atoms with Crippen LogP contribution in [0.1, 0.15) is 33.5 Å². The van der Waals surface area contributed by atoms with Gasteiger partial charge in [0.15, 0.2) is 11.5 Å². The molecule has 1 aromatic carbocycles. The minimum atomic E-state index is -0.454. The van der Waals surface area contributed by atoms with Crippen LogP contribution in [-0.4, -0.2) is 36.8 Å². The van der Waals surface area contributed by atoms with E-state index in [0.717, 1.165) is 16.9 Å². The molecule has 152 valence electrons. The Hall–Kier alpha value is -2.84. The molecule has 29 heavy (non-hydrogen) atoms. The molecule has 0 fully saturated rings. The molecule has 0 amide bonds. The van der Waals surface area contributed by atoms with Gasteiger partial charge >= 0.3 is 5.97 Å². The second-order valence-corrected chi connectivity index (χ2v) is 7.39. The van der Waals surface area contributed by atoms with Gasteiger partial charge in [-0.3, -0.25) is 4.79 Å². The number of ether oxygens (including phenoxy) is 3. The maximum atomic E-state index is 12.5. The van der Waals surface area contributed by atoms with Crippen molar-refractivity contribution in [1.29, 1.82) is 0 Å². The van der Waals surface area contributed by atoms with Gasteiger partial charge < -0.3 is 19.2 Å². The number of hydrogen-bond donors (Lipinski definition) is 1. The Morgan fingerprint density at radius 3 is 2.69 bits per heavy atom. The highest BCUT2D eigenvalue weighted by atomic mass is 35.5. The van der Waals surface area contributed by atoms with E-state index in [-0.39, 0.29) is 12.2 Å². The molecule has 7 nitrogen and oxygen atoms in total. The first-order valence-electron chi connectivity index (χ1n) is 8.69. The van der Waals surface area contributed by atoms with Gasteiger partial charge in [0.1, 0.15) is 15.5 Å². The number of thiophene rings is 1. The smallest absolute Gasteiger partial charge is 0.348 e. The molecule has 2 aromatic heterocycles. The number of carbonyl (C=O) groups excluding carboxylic acids is 1. The minimum Gasteiger partial charge on any atom is -0.493 e. The SMILES string of the molecule is CCOC(=O)c1sc2nc(C=Cc3cc(Cl)c(OC)c(OC)c3)[nH]c(=O)c2c1C. The summed E-state index contributed by atoms with van der Waals surface area (Å²) < 4.78 is 15.6. The summed E-state index contributed by atoms with van der Waals surface area (Å²) in [5, 5.41) is 0.792. The lowest BCUT2D eigenvalue weighted by Crippen LogP contribution is -2.10. The third-order valence-electron chi connectivity index (χ3n) is 4.17. The zero-order valence-corrected chi connectivity index (χ0v) is 17.9. The van der Waals surface area contributed by atoms with Crippen molar-refractivity contribution in [2.45, 2.75) is 13.8 Å². The molecule has 9 heteroatoms. The number of aromatic amines is 1. The van der Waals surface area contributed by atoms with E-state index in [1.807, 2.05) is 0 Å². The topological polar surface area (TPSA) is 90.5 Å². The van der Waals surface area contributed by atoms with E-state index in [0.29, 0.717) is 43.0 Å². The fraction of sp³-hybridized carbons (Fsp3) is 0.250. The van der Waals surface area contributed by atoms with Gasteiger partial charge in [0, 0.05) is 0 Å². The van der Waals surface area contributed by atoms with Crippen LogP contribution < -0.4 is 15.0 Å². The molecule has 0 atom stereocenters. The second kappa shape index (κ2) is 8.67. The molecular formula is C20H19ClN2O5S. The summed E-state index contributed by atoms with van der Waals surface area (Å²) in [5.74, 6) is 0.832. The lowest BCUT2D eigenvalue weighted by molar-refractivity contribution is 0.0531. The summed E-state index contributed by atoms with van der Waals surface area (Å²) in [6.07, 6.45) is 3.39. The monoisotopic (exact) mass is 434 g/mol. The molecule has 1 N–H and O–H groups in total. The van der Waals surface area contributed by atoms with Crippen molar-refractivity contribution in [2.75, 3.05) is 20.8 Å². The van der Waals surface area contributed by atoms with Crippen LogP contribution in [0.4, 0.5) is 0 Å². The average Bonchev–Trinajstić information content (AvgIpc) is 3.03. The number of methoxy groups -OCH3 is 2. The summed E-state index contributed by atoms with van der Waals surface area (Å²) in [6, 6.07) is 3.47. The first kappa shape index (κ1) is 20.9. The van der Waals surface area contributed by atoms with E-state index in [1.54, 1.807) is 38.1 Å².